The highest BCUT2D eigenvalue weighted by molar-refractivity contribution is 5.96. The zero-order valence-electron chi connectivity index (χ0n) is 18.5. The minimum absolute atomic E-state index is 0.275. The largest absolute Gasteiger partial charge is 0.352 e. The van der Waals surface area contributed by atoms with Crippen LogP contribution in [0.1, 0.15) is 13.8 Å². The van der Waals surface area contributed by atoms with Crippen molar-refractivity contribution < 1.29 is 4.39 Å². The van der Waals surface area contributed by atoms with Gasteiger partial charge in [-0.15, -0.1) is 5.10 Å². The number of benzene rings is 1. The lowest BCUT2D eigenvalue weighted by Crippen LogP contribution is -2.54. The maximum atomic E-state index is 13.7. The van der Waals surface area contributed by atoms with Gasteiger partial charge in [0.25, 0.3) is 0 Å². The van der Waals surface area contributed by atoms with Crippen molar-refractivity contribution in [2.45, 2.75) is 25.9 Å². The van der Waals surface area contributed by atoms with Crippen LogP contribution in [-0.2, 0) is 0 Å². The molecule has 2 atom stereocenters. The van der Waals surface area contributed by atoms with Gasteiger partial charge >= 0.3 is 0 Å². The maximum absolute atomic E-state index is 13.7. The Labute approximate surface area is 190 Å². The SMILES string of the molecule is C[C@@H]1CN(c2ccc3nc(-c4ccc(F)cc4)c(-c4ccnc5[nH]ccc45)n3n2)C[C@H](C)N1. The molecular weight excluding hydrogens is 417 g/mol. The van der Waals surface area contributed by atoms with Crippen LogP contribution < -0.4 is 10.2 Å². The summed E-state index contributed by atoms with van der Waals surface area (Å²) in [4.78, 5) is 14.8. The van der Waals surface area contributed by atoms with Crippen LogP contribution in [0.15, 0.2) is 60.9 Å². The van der Waals surface area contributed by atoms with Gasteiger partial charge < -0.3 is 15.2 Å². The van der Waals surface area contributed by atoms with E-state index in [1.807, 2.05) is 35.0 Å². The number of aromatic amines is 1. The third-order valence-corrected chi connectivity index (χ3v) is 6.18. The second-order valence-corrected chi connectivity index (χ2v) is 8.75. The lowest BCUT2D eigenvalue weighted by Gasteiger charge is -2.36. The highest BCUT2D eigenvalue weighted by Crippen LogP contribution is 2.36. The van der Waals surface area contributed by atoms with E-state index in [-0.39, 0.29) is 5.82 Å². The Morgan fingerprint density at radius 3 is 2.55 bits per heavy atom. The van der Waals surface area contributed by atoms with Gasteiger partial charge in [-0.05, 0) is 62.4 Å². The zero-order valence-corrected chi connectivity index (χ0v) is 18.5. The van der Waals surface area contributed by atoms with Gasteiger partial charge in [0.2, 0.25) is 0 Å². The molecule has 5 heterocycles. The van der Waals surface area contributed by atoms with Crippen molar-refractivity contribution in [3.8, 4) is 22.5 Å². The van der Waals surface area contributed by atoms with Crippen molar-refractivity contribution in [3.05, 3.63) is 66.7 Å². The lowest BCUT2D eigenvalue weighted by molar-refractivity contribution is 0.404. The number of halogens is 1. The number of piperazine rings is 1. The van der Waals surface area contributed by atoms with Gasteiger partial charge in [0, 0.05) is 54.1 Å². The van der Waals surface area contributed by atoms with Crippen LogP contribution in [0.2, 0.25) is 0 Å². The molecule has 0 radical (unpaired) electrons. The van der Waals surface area contributed by atoms with E-state index < -0.39 is 0 Å². The minimum Gasteiger partial charge on any atom is -0.352 e. The number of nitrogens with one attached hydrogen (secondary N) is 2. The monoisotopic (exact) mass is 441 g/mol. The number of rotatable bonds is 3. The van der Waals surface area contributed by atoms with Gasteiger partial charge in [0.05, 0.1) is 5.69 Å². The van der Waals surface area contributed by atoms with E-state index >= 15 is 0 Å². The summed E-state index contributed by atoms with van der Waals surface area (Å²) in [6.07, 6.45) is 3.66. The molecule has 0 amide bonds. The smallest absolute Gasteiger partial charge is 0.155 e. The van der Waals surface area contributed by atoms with Gasteiger partial charge in [0.15, 0.2) is 5.65 Å². The number of nitrogens with zero attached hydrogens (tertiary/aromatic N) is 5. The number of aromatic nitrogens is 5. The van der Waals surface area contributed by atoms with E-state index in [0.29, 0.717) is 12.1 Å². The number of imidazole rings is 1. The molecule has 0 spiro atoms. The average Bonchev–Trinajstić information content (AvgIpc) is 3.43. The number of H-pyrrole nitrogens is 1. The molecule has 0 unspecified atom stereocenters. The number of hydrogen-bond donors (Lipinski definition) is 2. The van der Waals surface area contributed by atoms with E-state index in [0.717, 1.165) is 58.1 Å². The Balaban J connectivity index is 1.59. The molecule has 7 nitrogen and oxygen atoms in total. The highest BCUT2D eigenvalue weighted by Gasteiger charge is 2.24. The first-order chi connectivity index (χ1) is 16.1. The summed E-state index contributed by atoms with van der Waals surface area (Å²) in [7, 11) is 0. The second-order valence-electron chi connectivity index (χ2n) is 8.75. The van der Waals surface area contributed by atoms with Gasteiger partial charge in [-0.1, -0.05) is 0 Å². The van der Waals surface area contributed by atoms with Gasteiger partial charge in [-0.3, -0.25) is 0 Å². The van der Waals surface area contributed by atoms with Crippen LogP contribution in [0.3, 0.4) is 0 Å². The molecular formula is C25H24FN7. The number of pyridine rings is 1. The zero-order chi connectivity index (χ0) is 22.5. The van der Waals surface area contributed by atoms with Crippen molar-refractivity contribution in [3.63, 3.8) is 0 Å². The predicted molar refractivity (Wildman–Crippen MR) is 128 cm³/mol. The summed E-state index contributed by atoms with van der Waals surface area (Å²) in [6, 6.07) is 15.2. The molecule has 1 fully saturated rings. The number of fused-ring (bicyclic) bond motifs is 2. The Hall–Kier alpha value is -3.78. The summed E-state index contributed by atoms with van der Waals surface area (Å²) in [5, 5.41) is 9.60. The normalized spacial score (nSPS) is 18.9. The summed E-state index contributed by atoms with van der Waals surface area (Å²) in [5.41, 5.74) is 4.97. The highest BCUT2D eigenvalue weighted by atomic mass is 19.1. The topological polar surface area (TPSA) is 74.1 Å². The average molecular weight is 442 g/mol. The Morgan fingerprint density at radius 1 is 0.970 bits per heavy atom. The molecule has 5 aromatic rings. The van der Waals surface area contributed by atoms with Gasteiger partial charge in [-0.25, -0.2) is 18.9 Å². The van der Waals surface area contributed by atoms with Crippen LogP contribution in [0.25, 0.3) is 39.2 Å². The van der Waals surface area contributed by atoms with Crippen molar-refractivity contribution in [2.75, 3.05) is 18.0 Å². The van der Waals surface area contributed by atoms with Crippen LogP contribution in [-0.4, -0.2) is 49.7 Å². The fourth-order valence-electron chi connectivity index (χ4n) is 4.82. The Bertz CT molecular complexity index is 1440. The number of hydrogen-bond acceptors (Lipinski definition) is 5. The van der Waals surface area contributed by atoms with Gasteiger partial charge in [-0.2, -0.15) is 0 Å². The number of anilines is 1. The molecule has 4 aromatic heterocycles. The van der Waals surface area contributed by atoms with Gasteiger partial charge in [0.1, 0.15) is 23.0 Å². The fraction of sp³-hybridized carbons (Fsp3) is 0.240. The predicted octanol–water partition coefficient (Wildman–Crippen LogP) is 4.27. The third-order valence-electron chi connectivity index (χ3n) is 6.18. The van der Waals surface area contributed by atoms with Crippen LogP contribution in [0.5, 0.6) is 0 Å². The lowest BCUT2D eigenvalue weighted by atomic mass is 10.0. The summed E-state index contributed by atoms with van der Waals surface area (Å²) in [6.45, 7) is 6.15. The minimum atomic E-state index is -0.275. The quantitative estimate of drug-likeness (QED) is 0.438. The van der Waals surface area contributed by atoms with Crippen LogP contribution in [0, 0.1) is 5.82 Å². The van der Waals surface area contributed by atoms with Crippen molar-refractivity contribution in [2.24, 2.45) is 0 Å². The van der Waals surface area contributed by atoms with Crippen LogP contribution >= 0.6 is 0 Å². The molecule has 1 aromatic carbocycles. The van der Waals surface area contributed by atoms with Crippen molar-refractivity contribution >= 4 is 22.5 Å². The maximum Gasteiger partial charge on any atom is 0.155 e. The molecule has 0 aliphatic carbocycles. The third kappa shape index (κ3) is 3.43. The van der Waals surface area contributed by atoms with E-state index in [1.54, 1.807) is 18.3 Å². The Morgan fingerprint density at radius 2 is 1.76 bits per heavy atom. The molecule has 0 saturated carbocycles. The molecule has 1 saturated heterocycles. The molecule has 8 heteroatoms. The molecule has 166 valence electrons. The van der Waals surface area contributed by atoms with E-state index in [4.69, 9.17) is 10.1 Å². The standard InChI is InChI=1S/C25H24FN7/c1-15-13-32(14-16(2)29-15)22-8-7-21-30-23(17-3-5-18(26)6-4-17)24(33(21)31-22)19-9-11-27-25-20(19)10-12-28-25/h3-12,15-16,29H,13-14H2,1-2H3,(H,27,28)/t15-,16+. The fourth-order valence-corrected chi connectivity index (χ4v) is 4.82. The molecule has 1 aliphatic heterocycles. The Kier molecular flexibility index (Phi) is 4.62. The summed E-state index contributed by atoms with van der Waals surface area (Å²) < 4.78 is 15.6. The molecule has 1 aliphatic rings. The molecule has 2 N–H and O–H groups in total. The van der Waals surface area contributed by atoms with E-state index in [2.05, 4.69) is 34.0 Å². The van der Waals surface area contributed by atoms with Crippen LogP contribution in [0.4, 0.5) is 10.2 Å². The van der Waals surface area contributed by atoms with E-state index in [9.17, 15) is 4.39 Å². The first-order valence-electron chi connectivity index (χ1n) is 11.2. The summed E-state index contributed by atoms with van der Waals surface area (Å²) >= 11 is 0. The van der Waals surface area contributed by atoms with E-state index in [1.165, 1.54) is 12.1 Å². The first-order valence-corrected chi connectivity index (χ1v) is 11.2. The summed E-state index contributed by atoms with van der Waals surface area (Å²) in [5.74, 6) is 0.634. The second kappa shape index (κ2) is 7.67. The molecule has 6 rings (SSSR count). The first kappa shape index (κ1) is 19.9. The van der Waals surface area contributed by atoms with Crippen molar-refractivity contribution in [1.29, 1.82) is 0 Å². The molecule has 0 bridgehead atoms. The molecule has 33 heavy (non-hydrogen) atoms. The van der Waals surface area contributed by atoms with Crippen molar-refractivity contribution in [1.82, 2.24) is 29.9 Å².